The first-order valence-electron chi connectivity index (χ1n) is 17.9. The zero-order chi connectivity index (χ0) is 34.8. The highest BCUT2D eigenvalue weighted by Gasteiger charge is 2.45. The maximum atomic E-state index is 12.7. The molecule has 1 aromatic rings. The summed E-state index contributed by atoms with van der Waals surface area (Å²) in [5.74, 6) is -1.28. The number of azide groups is 1. The summed E-state index contributed by atoms with van der Waals surface area (Å²) in [4.78, 5) is 38.6. The molecule has 4 N–H and O–H groups in total. The van der Waals surface area contributed by atoms with Crippen LogP contribution in [0.4, 0.5) is 17.1 Å². The number of benzene rings is 1. The van der Waals surface area contributed by atoms with Gasteiger partial charge in [0.25, 0.3) is 5.69 Å². The molecule has 12 heteroatoms. The number of Topliss-reactive ketones (excluding diaryl/α,β-unsaturated/α-hetero) is 2. The second kappa shape index (κ2) is 26.0. The maximum absolute atomic E-state index is 12.7. The van der Waals surface area contributed by atoms with Crippen molar-refractivity contribution < 1.29 is 29.8 Å². The number of nitro benzene ring substituents is 1. The molecular formula is C35H59N5O7. The van der Waals surface area contributed by atoms with E-state index < -0.39 is 34.8 Å². The first kappa shape index (κ1) is 42.0. The van der Waals surface area contributed by atoms with Crippen LogP contribution in [-0.4, -0.2) is 56.7 Å². The number of aliphatic hydroxyl groups is 3. The van der Waals surface area contributed by atoms with Gasteiger partial charge >= 0.3 is 0 Å². The van der Waals surface area contributed by atoms with Crippen molar-refractivity contribution in [3.8, 4) is 0 Å². The van der Waals surface area contributed by atoms with Gasteiger partial charge in [0.15, 0.2) is 23.3 Å². The van der Waals surface area contributed by atoms with Gasteiger partial charge in [-0.1, -0.05) is 127 Å². The lowest BCUT2D eigenvalue weighted by molar-refractivity contribution is -0.383. The number of ketones is 2. The Morgan fingerprint density at radius 3 is 1.85 bits per heavy atom. The number of nitrogens with zero attached hydrogens (tertiary/aromatic N) is 4. The van der Waals surface area contributed by atoms with E-state index >= 15 is 0 Å². The lowest BCUT2D eigenvalue weighted by atomic mass is 9.85. The van der Waals surface area contributed by atoms with E-state index in [1.807, 2.05) is 0 Å². The van der Waals surface area contributed by atoms with Gasteiger partial charge in [0, 0.05) is 36.1 Å². The van der Waals surface area contributed by atoms with E-state index in [9.17, 15) is 35.0 Å². The number of unbranched alkanes of at least 4 members (excludes halogenated alkanes) is 18. The highest BCUT2D eigenvalue weighted by atomic mass is 16.6. The third kappa shape index (κ3) is 17.6. The molecule has 2 atom stereocenters. The molecule has 0 saturated heterocycles. The molecule has 0 aliphatic heterocycles. The van der Waals surface area contributed by atoms with Crippen LogP contribution in [0.2, 0.25) is 0 Å². The Balaban J connectivity index is 2.14. The molecule has 1 rings (SSSR count). The van der Waals surface area contributed by atoms with E-state index in [4.69, 9.17) is 5.53 Å². The van der Waals surface area contributed by atoms with Gasteiger partial charge in [-0.3, -0.25) is 19.7 Å². The first-order chi connectivity index (χ1) is 22.7. The summed E-state index contributed by atoms with van der Waals surface area (Å²) in [7, 11) is 0. The molecule has 0 bridgehead atoms. The molecule has 1 aromatic carbocycles. The number of nitro groups is 1. The monoisotopic (exact) mass is 661 g/mol. The second-order valence-electron chi connectivity index (χ2n) is 12.7. The fourth-order valence-electron chi connectivity index (χ4n) is 5.72. The number of carbonyl (C=O) groups excluding carboxylic acids is 2. The standard InChI is InChI=1S/C35H59N5O7/c1-2-3-4-5-6-7-8-10-13-16-19-22-32(42)34(44)35(45,28-41)33(43)23-20-17-14-11-9-12-15-18-21-26-37-30-25-24-29(38-39-36)27-31(30)40(46)47/h24-25,27,34,37,41,44-45H,2-23,26,28H2,1H3. The number of hydrogen-bond acceptors (Lipinski definition) is 9. The van der Waals surface area contributed by atoms with Gasteiger partial charge < -0.3 is 20.6 Å². The summed E-state index contributed by atoms with van der Waals surface area (Å²) in [6.45, 7) is 1.83. The topological polar surface area (TPSA) is 199 Å². The summed E-state index contributed by atoms with van der Waals surface area (Å²) < 4.78 is 0. The van der Waals surface area contributed by atoms with Crippen LogP contribution in [0.3, 0.4) is 0 Å². The number of carbonyl (C=O) groups is 2. The summed E-state index contributed by atoms with van der Waals surface area (Å²) in [5.41, 5.74) is 6.53. The Morgan fingerprint density at radius 1 is 0.872 bits per heavy atom. The third-order valence-corrected chi connectivity index (χ3v) is 8.74. The third-order valence-electron chi connectivity index (χ3n) is 8.74. The molecule has 0 aromatic heterocycles. The molecule has 0 radical (unpaired) electrons. The van der Waals surface area contributed by atoms with Crippen LogP contribution >= 0.6 is 0 Å². The van der Waals surface area contributed by atoms with Crippen molar-refractivity contribution in [3.63, 3.8) is 0 Å². The van der Waals surface area contributed by atoms with E-state index in [2.05, 4.69) is 22.3 Å². The van der Waals surface area contributed by atoms with Crippen molar-refractivity contribution in [2.45, 2.75) is 160 Å². The Bertz CT molecular complexity index is 1100. The van der Waals surface area contributed by atoms with Crippen LogP contribution in [0.25, 0.3) is 10.4 Å². The van der Waals surface area contributed by atoms with Crippen LogP contribution in [0.5, 0.6) is 0 Å². The van der Waals surface area contributed by atoms with Gasteiger partial charge in [0.2, 0.25) is 0 Å². The van der Waals surface area contributed by atoms with Crippen LogP contribution in [-0.2, 0) is 9.59 Å². The van der Waals surface area contributed by atoms with E-state index in [-0.39, 0.29) is 24.2 Å². The predicted octanol–water partition coefficient (Wildman–Crippen LogP) is 8.77. The van der Waals surface area contributed by atoms with E-state index in [1.165, 1.54) is 57.1 Å². The fourth-order valence-corrected chi connectivity index (χ4v) is 5.72. The van der Waals surface area contributed by atoms with Gasteiger partial charge in [0.1, 0.15) is 5.69 Å². The van der Waals surface area contributed by atoms with Crippen molar-refractivity contribution in [1.82, 2.24) is 0 Å². The molecule has 0 aliphatic carbocycles. The molecule has 0 spiro atoms. The number of aliphatic hydroxyl groups excluding tert-OH is 2. The molecule has 2 unspecified atom stereocenters. The number of nitrogens with one attached hydrogen (secondary N) is 1. The Kier molecular flexibility index (Phi) is 23.2. The Morgan fingerprint density at radius 2 is 1.36 bits per heavy atom. The molecule has 0 amide bonds. The van der Waals surface area contributed by atoms with Gasteiger partial charge in [-0.05, 0) is 30.9 Å². The molecule has 0 heterocycles. The molecule has 0 aliphatic rings. The average Bonchev–Trinajstić information content (AvgIpc) is 3.07. The predicted molar refractivity (Wildman–Crippen MR) is 186 cm³/mol. The van der Waals surface area contributed by atoms with Crippen molar-refractivity contribution in [3.05, 3.63) is 38.8 Å². The molecular weight excluding hydrogens is 602 g/mol. The molecule has 266 valence electrons. The number of rotatable bonds is 31. The number of hydrogen-bond donors (Lipinski definition) is 4. The zero-order valence-electron chi connectivity index (χ0n) is 28.5. The lowest BCUT2D eigenvalue weighted by Gasteiger charge is -2.29. The molecule has 0 fully saturated rings. The molecule has 0 saturated carbocycles. The van der Waals surface area contributed by atoms with Crippen molar-refractivity contribution in [1.29, 1.82) is 0 Å². The summed E-state index contributed by atoms with van der Waals surface area (Å²) >= 11 is 0. The Hall–Kier alpha value is -3.05. The van der Waals surface area contributed by atoms with Crippen LogP contribution in [0.15, 0.2) is 23.3 Å². The van der Waals surface area contributed by atoms with Crippen LogP contribution < -0.4 is 5.32 Å². The van der Waals surface area contributed by atoms with Crippen molar-refractivity contribution in [2.75, 3.05) is 18.5 Å². The van der Waals surface area contributed by atoms with Crippen LogP contribution in [0.1, 0.15) is 148 Å². The van der Waals surface area contributed by atoms with E-state index in [0.717, 1.165) is 70.6 Å². The number of anilines is 1. The molecule has 47 heavy (non-hydrogen) atoms. The normalized spacial score (nSPS) is 13.0. The SMILES string of the molecule is CCCCCCCCCCCCCC(=O)C(O)C(O)(CO)C(=O)CCCCCCCCCCCNc1ccc(N=[N+]=[N-])cc1[N+](=O)[O-]. The summed E-state index contributed by atoms with van der Waals surface area (Å²) in [5, 5.41) is 48.6. The molecule has 12 nitrogen and oxygen atoms in total. The fraction of sp³-hybridized carbons (Fsp3) is 0.771. The largest absolute Gasteiger partial charge is 0.393 e. The highest BCUT2D eigenvalue weighted by Crippen LogP contribution is 2.29. The minimum Gasteiger partial charge on any atom is -0.393 e. The second-order valence-corrected chi connectivity index (χ2v) is 12.7. The van der Waals surface area contributed by atoms with E-state index in [1.54, 1.807) is 6.07 Å². The average molecular weight is 662 g/mol. The van der Waals surface area contributed by atoms with Gasteiger partial charge in [0.05, 0.1) is 11.5 Å². The first-order valence-corrected chi connectivity index (χ1v) is 17.9. The summed E-state index contributed by atoms with van der Waals surface area (Å²) in [6.07, 6.45) is 18.8. The van der Waals surface area contributed by atoms with Gasteiger partial charge in [-0.15, -0.1) is 0 Å². The zero-order valence-corrected chi connectivity index (χ0v) is 28.5. The maximum Gasteiger partial charge on any atom is 0.292 e. The van der Waals surface area contributed by atoms with Crippen molar-refractivity contribution in [2.24, 2.45) is 5.11 Å². The smallest absolute Gasteiger partial charge is 0.292 e. The summed E-state index contributed by atoms with van der Waals surface area (Å²) in [6, 6.07) is 4.32. The minimum atomic E-state index is -2.44. The van der Waals surface area contributed by atoms with Gasteiger partial charge in [-0.25, -0.2) is 0 Å². The quantitative estimate of drug-likeness (QED) is 0.0151. The van der Waals surface area contributed by atoms with Crippen molar-refractivity contribution >= 4 is 28.6 Å². The van der Waals surface area contributed by atoms with E-state index in [0.29, 0.717) is 25.1 Å². The Labute approximate surface area is 280 Å². The lowest BCUT2D eigenvalue weighted by Crippen LogP contribution is -2.55. The van der Waals surface area contributed by atoms with Crippen LogP contribution in [0, 0.1) is 10.1 Å². The van der Waals surface area contributed by atoms with Gasteiger partial charge in [-0.2, -0.15) is 0 Å². The highest BCUT2D eigenvalue weighted by molar-refractivity contribution is 5.96. The minimum absolute atomic E-state index is 0.000725.